The van der Waals surface area contributed by atoms with Crippen molar-refractivity contribution in [1.82, 2.24) is 5.32 Å². The lowest BCUT2D eigenvalue weighted by atomic mass is 9.95. The van der Waals surface area contributed by atoms with Crippen molar-refractivity contribution in [2.75, 3.05) is 13.7 Å². The fraction of sp³-hybridized carbons (Fsp3) is 0.529. The Bertz CT molecular complexity index is 546. The summed E-state index contributed by atoms with van der Waals surface area (Å²) in [7, 11) is 1.56. The lowest BCUT2D eigenvalue weighted by molar-refractivity contribution is -0.143. The lowest BCUT2D eigenvalue weighted by Crippen LogP contribution is -2.44. The number of nitrogens with one attached hydrogen (secondary N) is 1. The maximum Gasteiger partial charge on any atom is 0.308 e. The van der Waals surface area contributed by atoms with Crippen molar-refractivity contribution in [3.05, 3.63) is 24.3 Å². The second-order valence-corrected chi connectivity index (χ2v) is 5.72. The number of carbonyl (C=O) groups is 2. The highest BCUT2D eigenvalue weighted by Crippen LogP contribution is 2.24. The zero-order valence-electron chi connectivity index (χ0n) is 13.3. The fourth-order valence-corrected chi connectivity index (χ4v) is 2.86. The van der Waals surface area contributed by atoms with Crippen molar-refractivity contribution >= 4 is 11.9 Å². The van der Waals surface area contributed by atoms with Crippen molar-refractivity contribution in [1.29, 1.82) is 0 Å². The predicted octanol–water partition coefficient (Wildman–Crippen LogP) is 2.22. The van der Waals surface area contributed by atoms with Crippen LogP contribution in [0, 0.1) is 5.92 Å². The van der Waals surface area contributed by atoms with Gasteiger partial charge in [-0.2, -0.15) is 0 Å². The van der Waals surface area contributed by atoms with E-state index in [0.29, 0.717) is 24.3 Å². The Labute approximate surface area is 135 Å². The predicted molar refractivity (Wildman–Crippen MR) is 84.6 cm³/mol. The molecule has 2 atom stereocenters. The van der Waals surface area contributed by atoms with E-state index in [-0.39, 0.29) is 18.6 Å². The van der Waals surface area contributed by atoms with Gasteiger partial charge in [0.25, 0.3) is 5.91 Å². The number of ether oxygens (including phenoxy) is 2. The summed E-state index contributed by atoms with van der Waals surface area (Å²) in [5.41, 5.74) is 0. The van der Waals surface area contributed by atoms with Gasteiger partial charge in [-0.3, -0.25) is 9.59 Å². The SMILES string of the molecule is COc1cccc(OCC(=O)N[C@H]2CCCCC[C@H]2C(=O)O)c1. The highest BCUT2D eigenvalue weighted by Gasteiger charge is 2.30. The number of aliphatic carboxylic acids is 1. The van der Waals surface area contributed by atoms with Crippen LogP contribution in [0.5, 0.6) is 11.5 Å². The summed E-state index contributed by atoms with van der Waals surface area (Å²) >= 11 is 0. The van der Waals surface area contributed by atoms with Gasteiger partial charge in [-0.25, -0.2) is 0 Å². The average Bonchev–Trinajstić information content (AvgIpc) is 2.78. The second kappa shape index (κ2) is 8.41. The molecule has 0 aliphatic heterocycles. The van der Waals surface area contributed by atoms with Crippen LogP contribution in [0.1, 0.15) is 32.1 Å². The third-order valence-corrected chi connectivity index (χ3v) is 4.09. The summed E-state index contributed by atoms with van der Waals surface area (Å²) in [5.74, 6) is -0.470. The summed E-state index contributed by atoms with van der Waals surface area (Å²) in [6, 6.07) is 6.67. The van der Waals surface area contributed by atoms with Gasteiger partial charge in [-0.15, -0.1) is 0 Å². The normalized spacial score (nSPS) is 21.1. The topological polar surface area (TPSA) is 84.9 Å². The first-order valence-electron chi connectivity index (χ1n) is 7.89. The molecule has 0 bridgehead atoms. The Kier molecular flexibility index (Phi) is 6.26. The van der Waals surface area contributed by atoms with Crippen LogP contribution in [0.4, 0.5) is 0 Å². The second-order valence-electron chi connectivity index (χ2n) is 5.72. The van der Waals surface area contributed by atoms with Gasteiger partial charge in [-0.1, -0.05) is 25.3 Å². The molecule has 0 heterocycles. The highest BCUT2D eigenvalue weighted by atomic mass is 16.5. The van der Waals surface area contributed by atoms with Gasteiger partial charge >= 0.3 is 5.97 Å². The summed E-state index contributed by atoms with van der Waals surface area (Å²) in [4.78, 5) is 23.4. The molecule has 1 aliphatic carbocycles. The number of benzene rings is 1. The van der Waals surface area contributed by atoms with Crippen molar-refractivity contribution in [3.8, 4) is 11.5 Å². The van der Waals surface area contributed by atoms with E-state index >= 15 is 0 Å². The van der Waals surface area contributed by atoms with Crippen LogP contribution in [0.3, 0.4) is 0 Å². The molecule has 126 valence electrons. The van der Waals surface area contributed by atoms with Gasteiger partial charge in [-0.05, 0) is 25.0 Å². The molecule has 1 amide bonds. The van der Waals surface area contributed by atoms with Crippen molar-refractivity contribution < 1.29 is 24.2 Å². The van der Waals surface area contributed by atoms with E-state index in [2.05, 4.69) is 5.32 Å². The maximum absolute atomic E-state index is 12.1. The molecular weight excluding hydrogens is 298 g/mol. The van der Waals surface area contributed by atoms with E-state index in [0.717, 1.165) is 19.3 Å². The summed E-state index contributed by atoms with van der Waals surface area (Å²) in [6.45, 7) is -0.143. The molecule has 1 saturated carbocycles. The quantitative estimate of drug-likeness (QED) is 0.785. The molecule has 0 spiro atoms. The minimum Gasteiger partial charge on any atom is -0.497 e. The summed E-state index contributed by atoms with van der Waals surface area (Å²) < 4.78 is 10.5. The number of methoxy groups -OCH3 is 1. The fourth-order valence-electron chi connectivity index (χ4n) is 2.86. The van der Waals surface area contributed by atoms with Crippen molar-refractivity contribution in [2.45, 2.75) is 38.1 Å². The molecule has 1 aromatic carbocycles. The van der Waals surface area contributed by atoms with E-state index in [1.54, 1.807) is 31.4 Å². The third kappa shape index (κ3) is 5.16. The van der Waals surface area contributed by atoms with Crippen LogP contribution >= 0.6 is 0 Å². The van der Waals surface area contributed by atoms with Gasteiger partial charge < -0.3 is 19.9 Å². The first-order chi connectivity index (χ1) is 11.1. The smallest absolute Gasteiger partial charge is 0.308 e. The molecular formula is C17H23NO5. The number of rotatable bonds is 6. The number of hydrogen-bond acceptors (Lipinski definition) is 4. The van der Waals surface area contributed by atoms with Gasteiger partial charge in [0, 0.05) is 12.1 Å². The van der Waals surface area contributed by atoms with E-state index in [9.17, 15) is 14.7 Å². The standard InChI is InChI=1S/C17H23NO5/c1-22-12-6-5-7-13(10-12)23-11-16(19)18-15-9-4-2-3-8-14(15)17(20)21/h5-7,10,14-15H,2-4,8-9,11H2,1H3,(H,18,19)(H,20,21)/t14-,15+/m1/s1. The maximum atomic E-state index is 12.1. The van der Waals surface area contributed by atoms with E-state index in [4.69, 9.17) is 9.47 Å². The van der Waals surface area contributed by atoms with Gasteiger partial charge in [0.05, 0.1) is 13.0 Å². The van der Waals surface area contributed by atoms with Crippen LogP contribution in [0.2, 0.25) is 0 Å². The summed E-state index contributed by atoms with van der Waals surface area (Å²) in [6.07, 6.45) is 4.14. The van der Waals surface area contributed by atoms with Crippen LogP contribution in [-0.2, 0) is 9.59 Å². The molecule has 2 N–H and O–H groups in total. The molecule has 1 aliphatic rings. The zero-order chi connectivity index (χ0) is 16.7. The number of hydrogen-bond donors (Lipinski definition) is 2. The van der Waals surface area contributed by atoms with Gasteiger partial charge in [0.2, 0.25) is 0 Å². The van der Waals surface area contributed by atoms with E-state index < -0.39 is 11.9 Å². The van der Waals surface area contributed by atoms with Gasteiger partial charge in [0.15, 0.2) is 6.61 Å². The molecule has 2 rings (SSSR count). The Hall–Kier alpha value is -2.24. The molecule has 0 aromatic heterocycles. The number of amides is 1. The molecule has 6 heteroatoms. The Morgan fingerprint density at radius 1 is 1.22 bits per heavy atom. The lowest BCUT2D eigenvalue weighted by Gasteiger charge is -2.22. The molecule has 1 aromatic rings. The van der Waals surface area contributed by atoms with E-state index in [1.165, 1.54) is 0 Å². The molecule has 23 heavy (non-hydrogen) atoms. The number of carbonyl (C=O) groups excluding carboxylic acids is 1. The molecule has 0 unspecified atom stereocenters. The van der Waals surface area contributed by atoms with Gasteiger partial charge in [0.1, 0.15) is 11.5 Å². The number of carboxylic acids is 1. The highest BCUT2D eigenvalue weighted by molar-refractivity contribution is 5.79. The minimum absolute atomic E-state index is 0.143. The minimum atomic E-state index is -0.842. The van der Waals surface area contributed by atoms with E-state index in [1.807, 2.05) is 0 Å². The average molecular weight is 321 g/mol. The molecule has 0 saturated heterocycles. The molecule has 6 nitrogen and oxygen atoms in total. The van der Waals surface area contributed by atoms with Crippen LogP contribution in [-0.4, -0.2) is 36.7 Å². The number of carboxylic acid groups (broad SMARTS) is 1. The first kappa shape index (κ1) is 17.1. The van der Waals surface area contributed by atoms with Crippen molar-refractivity contribution in [3.63, 3.8) is 0 Å². The zero-order valence-corrected chi connectivity index (χ0v) is 13.3. The molecule has 1 fully saturated rings. The van der Waals surface area contributed by atoms with Crippen LogP contribution < -0.4 is 14.8 Å². The van der Waals surface area contributed by atoms with Crippen molar-refractivity contribution in [2.24, 2.45) is 5.92 Å². The van der Waals surface area contributed by atoms with Crippen LogP contribution in [0.25, 0.3) is 0 Å². The third-order valence-electron chi connectivity index (χ3n) is 4.09. The molecule has 0 radical (unpaired) electrons. The largest absolute Gasteiger partial charge is 0.497 e. The Balaban J connectivity index is 1.88. The summed E-state index contributed by atoms with van der Waals surface area (Å²) in [5, 5.41) is 12.1. The first-order valence-corrected chi connectivity index (χ1v) is 7.89. The Morgan fingerprint density at radius 3 is 2.70 bits per heavy atom. The Morgan fingerprint density at radius 2 is 1.96 bits per heavy atom. The monoisotopic (exact) mass is 321 g/mol. The van der Waals surface area contributed by atoms with Crippen LogP contribution in [0.15, 0.2) is 24.3 Å².